The highest BCUT2D eigenvalue weighted by molar-refractivity contribution is 7.92. The third kappa shape index (κ3) is 4.03. The number of halogens is 2. The lowest BCUT2D eigenvalue weighted by molar-refractivity contribution is -0.120. The van der Waals surface area contributed by atoms with Gasteiger partial charge in [-0.25, -0.2) is 32.4 Å². The van der Waals surface area contributed by atoms with E-state index in [9.17, 15) is 22.4 Å². The van der Waals surface area contributed by atoms with E-state index in [0.29, 0.717) is 4.90 Å². The van der Waals surface area contributed by atoms with Gasteiger partial charge in [0.2, 0.25) is 5.95 Å². The predicted octanol–water partition coefficient (Wildman–Crippen LogP) is 2.85. The van der Waals surface area contributed by atoms with Gasteiger partial charge in [0.25, 0.3) is 21.8 Å². The highest BCUT2D eigenvalue weighted by Gasteiger charge is 2.40. The molecule has 0 atom stereocenters. The zero-order valence-corrected chi connectivity index (χ0v) is 17.6. The molecule has 2 heterocycles. The minimum Gasteiger partial charge on any atom is -0.350 e. The molecular formula is C20H13ClFN5O4S. The Morgan fingerprint density at radius 3 is 2.22 bits per heavy atom. The normalized spacial score (nSPS) is 14.1. The highest BCUT2D eigenvalue weighted by atomic mass is 35.5. The van der Waals surface area contributed by atoms with Crippen molar-refractivity contribution >= 4 is 50.8 Å². The quantitative estimate of drug-likeness (QED) is 0.528. The van der Waals surface area contributed by atoms with Crippen LogP contribution >= 0.6 is 11.6 Å². The molecular weight excluding hydrogens is 461 g/mol. The summed E-state index contributed by atoms with van der Waals surface area (Å²) < 4.78 is 41.2. The largest absolute Gasteiger partial charge is 0.350 e. The van der Waals surface area contributed by atoms with Crippen LogP contribution in [0.25, 0.3) is 0 Å². The molecule has 4 rings (SSSR count). The molecule has 2 amide bonds. The van der Waals surface area contributed by atoms with Gasteiger partial charge in [-0.05, 0) is 42.5 Å². The number of rotatable bonds is 6. The fraction of sp³-hybridized carbons (Fsp3) is 0. The molecule has 0 unspecified atom stereocenters. The Hall–Kier alpha value is -3.83. The SMILES string of the molecule is O=C1C(Cl)=C(Nc2ccc(S(=O)(=O)Nc3ncccn3)cc2)C(=O)N1c1ccccc1F. The minimum absolute atomic E-state index is 0.0858. The summed E-state index contributed by atoms with van der Waals surface area (Å²) in [6.07, 6.45) is 2.78. The predicted molar refractivity (Wildman–Crippen MR) is 115 cm³/mol. The van der Waals surface area contributed by atoms with Crippen LogP contribution in [0.2, 0.25) is 0 Å². The number of carbonyl (C=O) groups excluding carboxylic acids is 2. The summed E-state index contributed by atoms with van der Waals surface area (Å²) in [6.45, 7) is 0. The second kappa shape index (κ2) is 8.36. The van der Waals surface area contributed by atoms with Gasteiger partial charge in [0, 0.05) is 18.1 Å². The molecule has 0 bridgehead atoms. The van der Waals surface area contributed by atoms with Crippen LogP contribution in [0.4, 0.5) is 21.7 Å². The van der Waals surface area contributed by atoms with E-state index in [1.54, 1.807) is 6.07 Å². The Labute approximate surface area is 186 Å². The minimum atomic E-state index is -3.95. The van der Waals surface area contributed by atoms with E-state index < -0.39 is 32.7 Å². The highest BCUT2D eigenvalue weighted by Crippen LogP contribution is 2.31. The first-order chi connectivity index (χ1) is 15.3. The summed E-state index contributed by atoms with van der Waals surface area (Å²) in [5.74, 6) is -2.57. The molecule has 1 aromatic heterocycles. The Balaban J connectivity index is 1.54. The summed E-state index contributed by atoms with van der Waals surface area (Å²) in [7, 11) is -3.95. The number of amides is 2. The van der Waals surface area contributed by atoms with Crippen LogP contribution in [-0.4, -0.2) is 30.2 Å². The third-order valence-corrected chi connectivity index (χ3v) is 6.04. The van der Waals surface area contributed by atoms with Crippen LogP contribution in [0, 0.1) is 5.82 Å². The first kappa shape index (κ1) is 21.4. The maximum absolute atomic E-state index is 14.1. The second-order valence-electron chi connectivity index (χ2n) is 6.41. The Morgan fingerprint density at radius 2 is 1.56 bits per heavy atom. The van der Waals surface area contributed by atoms with Gasteiger partial charge in [0.1, 0.15) is 16.5 Å². The van der Waals surface area contributed by atoms with Crippen molar-refractivity contribution in [3.8, 4) is 0 Å². The van der Waals surface area contributed by atoms with Crippen LogP contribution in [-0.2, 0) is 19.6 Å². The van der Waals surface area contributed by atoms with Gasteiger partial charge in [0.05, 0.1) is 10.6 Å². The van der Waals surface area contributed by atoms with Crippen LogP contribution in [0.1, 0.15) is 0 Å². The molecule has 0 saturated heterocycles. The number of imide groups is 1. The molecule has 32 heavy (non-hydrogen) atoms. The number of para-hydroxylation sites is 1. The molecule has 0 saturated carbocycles. The molecule has 0 aliphatic carbocycles. The van der Waals surface area contributed by atoms with Crippen LogP contribution < -0.4 is 14.9 Å². The Bertz CT molecular complexity index is 1350. The summed E-state index contributed by atoms with van der Waals surface area (Å²) >= 11 is 6.03. The molecule has 9 nitrogen and oxygen atoms in total. The Kier molecular flexibility index (Phi) is 5.59. The van der Waals surface area contributed by atoms with E-state index in [1.807, 2.05) is 0 Å². The molecule has 0 spiro atoms. The van der Waals surface area contributed by atoms with Crippen molar-refractivity contribution in [1.29, 1.82) is 0 Å². The van der Waals surface area contributed by atoms with Crippen LogP contribution in [0.3, 0.4) is 0 Å². The van der Waals surface area contributed by atoms with Crippen LogP contribution in [0.5, 0.6) is 0 Å². The van der Waals surface area contributed by atoms with Crippen molar-refractivity contribution in [1.82, 2.24) is 9.97 Å². The number of anilines is 3. The number of hydrogen-bond donors (Lipinski definition) is 2. The van der Waals surface area contributed by atoms with Crippen molar-refractivity contribution in [2.75, 3.05) is 14.9 Å². The van der Waals surface area contributed by atoms with Crippen molar-refractivity contribution in [3.05, 3.63) is 83.5 Å². The standard InChI is InChI=1S/C20H13ClFN5O4S/c21-16-17(19(29)27(18(16)28)15-5-2-1-4-14(15)22)25-12-6-8-13(9-7-12)32(30,31)26-20-23-10-3-11-24-20/h1-11,25H,(H,23,24,26). The van der Waals surface area contributed by atoms with E-state index in [2.05, 4.69) is 20.0 Å². The zero-order chi connectivity index (χ0) is 22.9. The fourth-order valence-electron chi connectivity index (χ4n) is 2.86. The van der Waals surface area contributed by atoms with Crippen molar-refractivity contribution in [2.45, 2.75) is 4.90 Å². The van der Waals surface area contributed by atoms with E-state index in [0.717, 1.165) is 6.07 Å². The van der Waals surface area contributed by atoms with Crippen molar-refractivity contribution < 1.29 is 22.4 Å². The lowest BCUT2D eigenvalue weighted by Gasteiger charge is -2.15. The molecule has 3 aromatic rings. The van der Waals surface area contributed by atoms with E-state index in [4.69, 9.17) is 11.6 Å². The third-order valence-electron chi connectivity index (χ3n) is 4.35. The average Bonchev–Trinajstić information content (AvgIpc) is 2.98. The summed E-state index contributed by atoms with van der Waals surface area (Å²) in [5.41, 5.74) is -0.205. The van der Waals surface area contributed by atoms with Gasteiger partial charge < -0.3 is 5.32 Å². The zero-order valence-electron chi connectivity index (χ0n) is 16.0. The van der Waals surface area contributed by atoms with Gasteiger partial charge in [-0.1, -0.05) is 23.7 Å². The second-order valence-corrected chi connectivity index (χ2v) is 8.47. The molecule has 12 heteroatoms. The maximum Gasteiger partial charge on any atom is 0.283 e. The van der Waals surface area contributed by atoms with Crippen LogP contribution in [0.15, 0.2) is 82.6 Å². The molecule has 0 radical (unpaired) electrons. The average molecular weight is 474 g/mol. The molecule has 0 fully saturated rings. The fourth-order valence-corrected chi connectivity index (χ4v) is 4.03. The smallest absolute Gasteiger partial charge is 0.283 e. The van der Waals surface area contributed by atoms with Gasteiger partial charge in [0.15, 0.2) is 0 Å². The molecule has 2 N–H and O–H groups in total. The number of nitrogens with one attached hydrogen (secondary N) is 2. The maximum atomic E-state index is 14.1. The number of carbonyl (C=O) groups is 2. The van der Waals surface area contributed by atoms with Gasteiger partial charge in [-0.15, -0.1) is 0 Å². The van der Waals surface area contributed by atoms with Gasteiger partial charge in [-0.3, -0.25) is 9.59 Å². The van der Waals surface area contributed by atoms with E-state index in [-0.39, 0.29) is 27.9 Å². The molecule has 1 aliphatic heterocycles. The molecule has 2 aromatic carbocycles. The van der Waals surface area contributed by atoms with Crippen molar-refractivity contribution in [2.24, 2.45) is 0 Å². The molecule has 1 aliphatic rings. The lowest BCUT2D eigenvalue weighted by atomic mass is 10.2. The van der Waals surface area contributed by atoms with E-state index >= 15 is 0 Å². The number of aromatic nitrogens is 2. The van der Waals surface area contributed by atoms with E-state index in [1.165, 1.54) is 54.9 Å². The number of hydrogen-bond acceptors (Lipinski definition) is 7. The van der Waals surface area contributed by atoms with Gasteiger partial charge in [-0.2, -0.15) is 0 Å². The summed E-state index contributed by atoms with van der Waals surface area (Å²) in [5, 5.41) is 2.27. The molecule has 162 valence electrons. The number of nitrogens with zero attached hydrogens (tertiary/aromatic N) is 3. The van der Waals surface area contributed by atoms with Crippen molar-refractivity contribution in [3.63, 3.8) is 0 Å². The summed E-state index contributed by atoms with van der Waals surface area (Å²) in [4.78, 5) is 33.3. The van der Waals surface area contributed by atoms with Gasteiger partial charge >= 0.3 is 0 Å². The monoisotopic (exact) mass is 473 g/mol. The summed E-state index contributed by atoms with van der Waals surface area (Å²) in [6, 6.07) is 12.1. The lowest BCUT2D eigenvalue weighted by Crippen LogP contribution is -2.33. The number of sulfonamides is 1. The first-order valence-electron chi connectivity index (χ1n) is 8.98. The Morgan fingerprint density at radius 1 is 0.906 bits per heavy atom. The topological polar surface area (TPSA) is 121 Å². The number of benzene rings is 2. The first-order valence-corrected chi connectivity index (χ1v) is 10.8.